The maximum atomic E-state index is 5.55. The molecule has 2 aromatic rings. The molecule has 0 spiro atoms. The molecule has 0 fully saturated rings. The van der Waals surface area contributed by atoms with E-state index in [0.29, 0.717) is 6.54 Å². The first-order valence-electron chi connectivity index (χ1n) is 6.82. The number of nitrogens with one attached hydrogen (secondary N) is 1. The van der Waals surface area contributed by atoms with Crippen molar-refractivity contribution < 1.29 is 4.42 Å². The molecule has 4 nitrogen and oxygen atoms in total. The summed E-state index contributed by atoms with van der Waals surface area (Å²) in [6, 6.07) is 8.30. The standard InChI is InChI=1S/C16H23N3O/c1-16(2,3)18-10-14-15(20-11-17-14)12-6-8-13(9-7-12)19(4)5/h6-9,11,18H,10H2,1-5H3. The first-order chi connectivity index (χ1) is 9.37. The third-order valence-electron chi connectivity index (χ3n) is 3.07. The SMILES string of the molecule is CN(C)c1ccc(-c2ocnc2CNC(C)(C)C)cc1. The Morgan fingerprint density at radius 3 is 2.35 bits per heavy atom. The van der Waals surface area contributed by atoms with Crippen LogP contribution in [0.25, 0.3) is 11.3 Å². The quantitative estimate of drug-likeness (QED) is 0.928. The highest BCUT2D eigenvalue weighted by atomic mass is 16.3. The molecule has 0 aliphatic heterocycles. The second kappa shape index (κ2) is 5.67. The lowest BCUT2D eigenvalue weighted by Crippen LogP contribution is -2.35. The van der Waals surface area contributed by atoms with E-state index in [2.05, 4.69) is 60.2 Å². The minimum Gasteiger partial charge on any atom is -0.443 e. The smallest absolute Gasteiger partial charge is 0.181 e. The van der Waals surface area contributed by atoms with Crippen molar-refractivity contribution in [1.29, 1.82) is 0 Å². The Hall–Kier alpha value is -1.81. The molecule has 0 atom stereocenters. The van der Waals surface area contributed by atoms with Gasteiger partial charge in [-0.3, -0.25) is 0 Å². The second-order valence-corrected chi connectivity index (χ2v) is 6.17. The minimum atomic E-state index is 0.0605. The summed E-state index contributed by atoms with van der Waals surface area (Å²) in [6.45, 7) is 7.11. The van der Waals surface area contributed by atoms with Crippen LogP contribution in [0.2, 0.25) is 0 Å². The number of anilines is 1. The minimum absolute atomic E-state index is 0.0605. The van der Waals surface area contributed by atoms with Crippen molar-refractivity contribution in [1.82, 2.24) is 10.3 Å². The number of nitrogens with zero attached hydrogens (tertiary/aromatic N) is 2. The van der Waals surface area contributed by atoms with E-state index in [1.165, 1.54) is 12.1 Å². The summed E-state index contributed by atoms with van der Waals surface area (Å²) < 4.78 is 5.55. The normalized spacial score (nSPS) is 11.7. The van der Waals surface area contributed by atoms with Gasteiger partial charge in [-0.25, -0.2) is 4.98 Å². The van der Waals surface area contributed by atoms with Crippen molar-refractivity contribution in [3.63, 3.8) is 0 Å². The van der Waals surface area contributed by atoms with Gasteiger partial charge < -0.3 is 14.6 Å². The summed E-state index contributed by atoms with van der Waals surface area (Å²) in [5.41, 5.74) is 3.23. The summed E-state index contributed by atoms with van der Waals surface area (Å²) in [5.74, 6) is 0.840. The molecule has 0 saturated heterocycles. The van der Waals surface area contributed by atoms with Gasteiger partial charge in [-0.2, -0.15) is 0 Å². The van der Waals surface area contributed by atoms with Crippen LogP contribution in [-0.4, -0.2) is 24.6 Å². The van der Waals surface area contributed by atoms with E-state index in [1.54, 1.807) is 0 Å². The van der Waals surface area contributed by atoms with Crippen LogP contribution in [-0.2, 0) is 6.54 Å². The topological polar surface area (TPSA) is 41.3 Å². The van der Waals surface area contributed by atoms with E-state index in [0.717, 1.165) is 17.0 Å². The molecule has 0 bridgehead atoms. The molecule has 0 aliphatic carbocycles. The lowest BCUT2D eigenvalue weighted by Gasteiger charge is -2.19. The average molecular weight is 273 g/mol. The van der Waals surface area contributed by atoms with Gasteiger partial charge in [0.25, 0.3) is 0 Å². The summed E-state index contributed by atoms with van der Waals surface area (Å²) >= 11 is 0. The molecule has 20 heavy (non-hydrogen) atoms. The van der Waals surface area contributed by atoms with Crippen molar-refractivity contribution in [2.24, 2.45) is 0 Å². The van der Waals surface area contributed by atoms with Gasteiger partial charge in [0.05, 0.1) is 0 Å². The van der Waals surface area contributed by atoms with E-state index in [1.807, 2.05) is 14.1 Å². The Balaban J connectivity index is 2.19. The molecule has 2 rings (SSSR count). The molecule has 0 radical (unpaired) electrons. The third-order valence-corrected chi connectivity index (χ3v) is 3.07. The van der Waals surface area contributed by atoms with Crippen molar-refractivity contribution in [2.45, 2.75) is 32.9 Å². The van der Waals surface area contributed by atoms with Gasteiger partial charge in [-0.05, 0) is 45.0 Å². The van der Waals surface area contributed by atoms with Crippen molar-refractivity contribution in [3.8, 4) is 11.3 Å². The first kappa shape index (κ1) is 14.6. The fraction of sp³-hybridized carbons (Fsp3) is 0.438. The molecular weight excluding hydrogens is 250 g/mol. The predicted octanol–water partition coefficient (Wildman–Crippen LogP) is 3.30. The molecule has 1 aromatic heterocycles. The van der Waals surface area contributed by atoms with Crippen molar-refractivity contribution >= 4 is 5.69 Å². The predicted molar refractivity (Wildman–Crippen MR) is 82.9 cm³/mol. The van der Waals surface area contributed by atoms with Crippen LogP contribution in [0.5, 0.6) is 0 Å². The van der Waals surface area contributed by atoms with Crippen LogP contribution in [0.4, 0.5) is 5.69 Å². The van der Waals surface area contributed by atoms with Gasteiger partial charge >= 0.3 is 0 Å². The third kappa shape index (κ3) is 3.61. The lowest BCUT2D eigenvalue weighted by molar-refractivity contribution is 0.421. The van der Waals surface area contributed by atoms with Crippen LogP contribution in [0, 0.1) is 0 Å². The molecule has 4 heteroatoms. The maximum Gasteiger partial charge on any atom is 0.181 e. The molecule has 1 heterocycles. The molecule has 0 amide bonds. The highest BCUT2D eigenvalue weighted by molar-refractivity contribution is 5.63. The zero-order valence-corrected chi connectivity index (χ0v) is 12.9. The number of oxazole rings is 1. The van der Waals surface area contributed by atoms with Crippen LogP contribution in [0.3, 0.4) is 0 Å². The Morgan fingerprint density at radius 2 is 1.80 bits per heavy atom. The number of hydrogen-bond donors (Lipinski definition) is 1. The first-order valence-corrected chi connectivity index (χ1v) is 6.82. The van der Waals surface area contributed by atoms with Crippen LogP contribution in [0.1, 0.15) is 26.5 Å². The fourth-order valence-electron chi connectivity index (χ4n) is 1.89. The molecule has 0 saturated carbocycles. The molecule has 0 aliphatic rings. The largest absolute Gasteiger partial charge is 0.443 e. The molecular formula is C16H23N3O. The van der Waals surface area contributed by atoms with Gasteiger partial charge in [-0.15, -0.1) is 0 Å². The van der Waals surface area contributed by atoms with Gasteiger partial charge in [0.2, 0.25) is 0 Å². The van der Waals surface area contributed by atoms with Crippen LogP contribution >= 0.6 is 0 Å². The van der Waals surface area contributed by atoms with Gasteiger partial charge in [-0.1, -0.05) is 0 Å². The molecule has 1 aromatic carbocycles. The van der Waals surface area contributed by atoms with Gasteiger partial charge in [0.15, 0.2) is 12.2 Å². The van der Waals surface area contributed by atoms with Crippen molar-refractivity contribution in [2.75, 3.05) is 19.0 Å². The van der Waals surface area contributed by atoms with Crippen LogP contribution < -0.4 is 10.2 Å². The van der Waals surface area contributed by atoms with E-state index in [9.17, 15) is 0 Å². The molecule has 0 unspecified atom stereocenters. The van der Waals surface area contributed by atoms with E-state index >= 15 is 0 Å². The van der Waals surface area contributed by atoms with E-state index in [-0.39, 0.29) is 5.54 Å². The summed E-state index contributed by atoms with van der Waals surface area (Å²) in [5, 5.41) is 3.43. The fourth-order valence-corrected chi connectivity index (χ4v) is 1.89. The maximum absolute atomic E-state index is 5.55. The van der Waals surface area contributed by atoms with E-state index < -0.39 is 0 Å². The molecule has 108 valence electrons. The summed E-state index contributed by atoms with van der Waals surface area (Å²) in [7, 11) is 4.06. The van der Waals surface area contributed by atoms with Gasteiger partial charge in [0, 0.05) is 37.4 Å². The Morgan fingerprint density at radius 1 is 1.15 bits per heavy atom. The number of rotatable bonds is 4. The van der Waals surface area contributed by atoms with Crippen LogP contribution in [0.15, 0.2) is 35.1 Å². The number of hydrogen-bond acceptors (Lipinski definition) is 4. The number of aromatic nitrogens is 1. The zero-order chi connectivity index (χ0) is 14.8. The van der Waals surface area contributed by atoms with Gasteiger partial charge in [0.1, 0.15) is 5.69 Å². The summed E-state index contributed by atoms with van der Waals surface area (Å²) in [6.07, 6.45) is 1.51. The Kier molecular flexibility index (Phi) is 4.14. The summed E-state index contributed by atoms with van der Waals surface area (Å²) in [4.78, 5) is 6.39. The van der Waals surface area contributed by atoms with Crippen molar-refractivity contribution in [3.05, 3.63) is 36.4 Å². The van der Waals surface area contributed by atoms with E-state index in [4.69, 9.17) is 4.42 Å². The highest BCUT2D eigenvalue weighted by Gasteiger charge is 2.14. The Labute approximate surface area is 120 Å². The average Bonchev–Trinajstić information content (AvgIpc) is 2.84. The Bertz CT molecular complexity index is 550. The zero-order valence-electron chi connectivity index (χ0n) is 12.9. The number of benzene rings is 1. The second-order valence-electron chi connectivity index (χ2n) is 6.17. The highest BCUT2D eigenvalue weighted by Crippen LogP contribution is 2.25. The monoisotopic (exact) mass is 273 g/mol. The lowest BCUT2D eigenvalue weighted by atomic mass is 10.1. The molecule has 1 N–H and O–H groups in total.